The Bertz CT molecular complexity index is 624. The summed E-state index contributed by atoms with van der Waals surface area (Å²) in [6.07, 6.45) is 0. The third-order valence-corrected chi connectivity index (χ3v) is 3.30. The monoisotopic (exact) mass is 314 g/mol. The fourth-order valence-electron chi connectivity index (χ4n) is 2.05. The lowest BCUT2D eigenvalue weighted by Gasteiger charge is -2.16. The molecule has 0 heterocycles. The number of benzene rings is 2. The second kappa shape index (κ2) is 8.08. The second-order valence-corrected chi connectivity index (χ2v) is 5.04. The number of ether oxygens (including phenoxy) is 2. The van der Waals surface area contributed by atoms with Gasteiger partial charge in [0.2, 0.25) is 5.91 Å². The van der Waals surface area contributed by atoms with Crippen molar-refractivity contribution in [1.82, 2.24) is 0 Å². The van der Waals surface area contributed by atoms with Crippen LogP contribution in [0.5, 0.6) is 11.5 Å². The molecule has 0 aromatic heterocycles. The first-order valence-corrected chi connectivity index (χ1v) is 7.56. The van der Waals surface area contributed by atoms with Crippen LogP contribution >= 0.6 is 0 Å². The highest BCUT2D eigenvalue weighted by molar-refractivity contribution is 5.96. The molecule has 0 spiro atoms. The Morgan fingerprint density at radius 3 is 2.13 bits per heavy atom. The zero-order chi connectivity index (χ0) is 16.7. The van der Waals surface area contributed by atoms with Gasteiger partial charge in [0, 0.05) is 11.4 Å². The molecule has 1 atom stereocenters. The molecule has 0 saturated carbocycles. The minimum absolute atomic E-state index is 0.107. The van der Waals surface area contributed by atoms with Crippen LogP contribution in [0.25, 0.3) is 0 Å². The fourth-order valence-corrected chi connectivity index (χ4v) is 2.05. The van der Waals surface area contributed by atoms with Crippen molar-refractivity contribution in [1.29, 1.82) is 0 Å². The van der Waals surface area contributed by atoms with E-state index in [1.165, 1.54) is 0 Å². The molecule has 122 valence electrons. The number of carbonyl (C=O) groups excluding carboxylic acids is 1. The van der Waals surface area contributed by atoms with Crippen LogP contribution in [0.4, 0.5) is 11.4 Å². The van der Waals surface area contributed by atoms with Crippen LogP contribution < -0.4 is 20.1 Å². The number of nitrogens with one attached hydrogen (secondary N) is 2. The van der Waals surface area contributed by atoms with Gasteiger partial charge in [-0.1, -0.05) is 0 Å². The molecule has 0 aliphatic rings. The van der Waals surface area contributed by atoms with Gasteiger partial charge in [-0.05, 0) is 62.4 Å². The Morgan fingerprint density at radius 1 is 1.00 bits per heavy atom. The summed E-state index contributed by atoms with van der Waals surface area (Å²) in [4.78, 5) is 12.2. The Labute approximate surface area is 136 Å². The summed E-state index contributed by atoms with van der Waals surface area (Å²) >= 11 is 0. The van der Waals surface area contributed by atoms with Crippen molar-refractivity contribution in [2.75, 3.05) is 24.4 Å². The minimum Gasteiger partial charge on any atom is -0.497 e. The van der Waals surface area contributed by atoms with E-state index < -0.39 is 0 Å². The summed E-state index contributed by atoms with van der Waals surface area (Å²) in [5.74, 6) is 1.46. The fraction of sp³-hybridized carbons (Fsp3) is 0.278. The van der Waals surface area contributed by atoms with E-state index in [0.717, 1.165) is 22.9 Å². The van der Waals surface area contributed by atoms with Crippen LogP contribution in [0, 0.1) is 0 Å². The van der Waals surface area contributed by atoms with Crippen molar-refractivity contribution >= 4 is 17.3 Å². The molecule has 5 nitrogen and oxygen atoms in total. The molecular weight excluding hydrogens is 292 g/mol. The average Bonchev–Trinajstić information content (AvgIpc) is 2.57. The van der Waals surface area contributed by atoms with Crippen molar-refractivity contribution in [2.24, 2.45) is 0 Å². The first-order valence-electron chi connectivity index (χ1n) is 7.56. The summed E-state index contributed by atoms with van der Waals surface area (Å²) in [6.45, 7) is 4.39. The van der Waals surface area contributed by atoms with Crippen LogP contribution in [-0.2, 0) is 4.79 Å². The number of amides is 1. The van der Waals surface area contributed by atoms with E-state index in [1.54, 1.807) is 31.4 Å². The molecule has 2 aromatic rings. The normalized spacial score (nSPS) is 11.4. The van der Waals surface area contributed by atoms with Crippen LogP contribution in [0.15, 0.2) is 48.5 Å². The standard InChI is InChI=1S/C18H22N2O3/c1-4-23-17-11-7-14(8-12-17)19-13(2)18(21)20-15-5-9-16(22-3)10-6-15/h5-13,19H,4H2,1-3H3,(H,20,21)/t13-/m0/s1. The van der Waals surface area contributed by atoms with Gasteiger partial charge in [-0.3, -0.25) is 4.79 Å². The van der Waals surface area contributed by atoms with Gasteiger partial charge < -0.3 is 20.1 Å². The van der Waals surface area contributed by atoms with E-state index in [1.807, 2.05) is 38.1 Å². The number of rotatable bonds is 7. The maximum Gasteiger partial charge on any atom is 0.246 e. The highest BCUT2D eigenvalue weighted by Crippen LogP contribution is 2.18. The molecule has 0 aliphatic carbocycles. The topological polar surface area (TPSA) is 59.6 Å². The Kier molecular flexibility index (Phi) is 5.86. The first kappa shape index (κ1) is 16.7. The van der Waals surface area contributed by atoms with Crippen molar-refractivity contribution in [3.63, 3.8) is 0 Å². The molecule has 0 saturated heterocycles. The SMILES string of the molecule is CCOc1ccc(N[C@@H](C)C(=O)Nc2ccc(OC)cc2)cc1. The number of carbonyl (C=O) groups is 1. The number of methoxy groups -OCH3 is 1. The second-order valence-electron chi connectivity index (χ2n) is 5.04. The number of anilines is 2. The van der Waals surface area contributed by atoms with Gasteiger partial charge in [-0.15, -0.1) is 0 Å². The quantitative estimate of drug-likeness (QED) is 0.821. The maximum atomic E-state index is 12.2. The smallest absolute Gasteiger partial charge is 0.246 e. The molecular formula is C18H22N2O3. The van der Waals surface area contributed by atoms with Gasteiger partial charge in [-0.2, -0.15) is 0 Å². The van der Waals surface area contributed by atoms with Crippen LogP contribution in [0.1, 0.15) is 13.8 Å². The Morgan fingerprint density at radius 2 is 1.57 bits per heavy atom. The lowest BCUT2D eigenvalue weighted by atomic mass is 10.2. The van der Waals surface area contributed by atoms with Crippen LogP contribution in [0.3, 0.4) is 0 Å². The summed E-state index contributed by atoms with van der Waals surface area (Å²) in [6, 6.07) is 14.4. The molecule has 5 heteroatoms. The van der Waals surface area contributed by atoms with Gasteiger partial charge in [0.1, 0.15) is 17.5 Å². The molecule has 23 heavy (non-hydrogen) atoms. The Hall–Kier alpha value is -2.69. The molecule has 0 bridgehead atoms. The summed E-state index contributed by atoms with van der Waals surface area (Å²) in [7, 11) is 1.61. The predicted octanol–water partition coefficient (Wildman–Crippen LogP) is 3.53. The summed E-state index contributed by atoms with van der Waals surface area (Å²) < 4.78 is 10.5. The zero-order valence-electron chi connectivity index (χ0n) is 13.6. The maximum absolute atomic E-state index is 12.2. The van der Waals surface area contributed by atoms with E-state index in [9.17, 15) is 4.79 Å². The van der Waals surface area contributed by atoms with Crippen LogP contribution in [-0.4, -0.2) is 25.7 Å². The highest BCUT2D eigenvalue weighted by atomic mass is 16.5. The molecule has 2 aromatic carbocycles. The third-order valence-electron chi connectivity index (χ3n) is 3.30. The summed E-state index contributed by atoms with van der Waals surface area (Å²) in [5, 5.41) is 6.02. The minimum atomic E-state index is -0.366. The number of hydrogen-bond acceptors (Lipinski definition) is 4. The van der Waals surface area contributed by atoms with Crippen LogP contribution in [0.2, 0.25) is 0 Å². The molecule has 0 fully saturated rings. The van der Waals surface area contributed by atoms with Crippen molar-refractivity contribution in [3.8, 4) is 11.5 Å². The van der Waals surface area contributed by atoms with Gasteiger partial charge in [0.25, 0.3) is 0 Å². The van der Waals surface area contributed by atoms with Crippen molar-refractivity contribution in [3.05, 3.63) is 48.5 Å². The molecule has 0 radical (unpaired) electrons. The van der Waals surface area contributed by atoms with Gasteiger partial charge in [0.15, 0.2) is 0 Å². The van der Waals surface area contributed by atoms with Gasteiger partial charge >= 0.3 is 0 Å². The lowest BCUT2D eigenvalue weighted by Crippen LogP contribution is -2.31. The average molecular weight is 314 g/mol. The largest absolute Gasteiger partial charge is 0.497 e. The molecule has 1 amide bonds. The Balaban J connectivity index is 1.90. The lowest BCUT2D eigenvalue weighted by molar-refractivity contribution is -0.116. The van der Waals surface area contributed by atoms with E-state index >= 15 is 0 Å². The molecule has 0 aliphatic heterocycles. The van der Waals surface area contributed by atoms with E-state index in [4.69, 9.17) is 9.47 Å². The van der Waals surface area contributed by atoms with E-state index in [-0.39, 0.29) is 11.9 Å². The molecule has 2 rings (SSSR count). The van der Waals surface area contributed by atoms with Gasteiger partial charge in [0.05, 0.1) is 13.7 Å². The van der Waals surface area contributed by atoms with E-state index in [0.29, 0.717) is 6.61 Å². The van der Waals surface area contributed by atoms with Crippen molar-refractivity contribution < 1.29 is 14.3 Å². The molecule has 2 N–H and O–H groups in total. The zero-order valence-corrected chi connectivity index (χ0v) is 13.6. The van der Waals surface area contributed by atoms with Gasteiger partial charge in [-0.25, -0.2) is 0 Å². The molecule has 0 unspecified atom stereocenters. The first-order chi connectivity index (χ1) is 11.1. The summed E-state index contributed by atoms with van der Waals surface area (Å²) in [5.41, 5.74) is 1.60. The third kappa shape index (κ3) is 4.92. The number of hydrogen-bond donors (Lipinski definition) is 2. The highest BCUT2D eigenvalue weighted by Gasteiger charge is 2.12. The van der Waals surface area contributed by atoms with E-state index in [2.05, 4.69) is 10.6 Å². The predicted molar refractivity (Wildman–Crippen MR) is 92.3 cm³/mol. The van der Waals surface area contributed by atoms with Crippen molar-refractivity contribution in [2.45, 2.75) is 19.9 Å².